The molecule has 90 valence electrons. The number of fused-ring (bicyclic) bond motifs is 1. The summed E-state index contributed by atoms with van der Waals surface area (Å²) in [4.78, 5) is 0. The van der Waals surface area contributed by atoms with Gasteiger partial charge >= 0.3 is 0 Å². The van der Waals surface area contributed by atoms with E-state index in [2.05, 4.69) is 45.9 Å². The van der Waals surface area contributed by atoms with Crippen molar-refractivity contribution in [3.63, 3.8) is 0 Å². The van der Waals surface area contributed by atoms with Gasteiger partial charge in [0.05, 0.1) is 17.4 Å². The van der Waals surface area contributed by atoms with Gasteiger partial charge in [0.15, 0.2) is 0 Å². The normalized spacial score (nSPS) is 10.9. The Kier molecular flexibility index (Phi) is 2.95. The first kappa shape index (κ1) is 11.5. The molecule has 0 radical (unpaired) electrons. The van der Waals surface area contributed by atoms with E-state index in [0.717, 1.165) is 26.8 Å². The van der Waals surface area contributed by atoms with Gasteiger partial charge < -0.3 is 5.73 Å². The zero-order chi connectivity index (χ0) is 12.5. The zero-order valence-corrected chi connectivity index (χ0v) is 11.8. The summed E-state index contributed by atoms with van der Waals surface area (Å²) in [5.41, 5.74) is 9.12. The fraction of sp³-hybridized carbons (Fsp3) is 0.0714. The molecule has 0 fully saturated rings. The van der Waals surface area contributed by atoms with E-state index in [0.29, 0.717) is 0 Å². The summed E-state index contributed by atoms with van der Waals surface area (Å²) in [5, 5.41) is 5.62. The predicted molar refractivity (Wildman–Crippen MR) is 82.4 cm³/mol. The summed E-state index contributed by atoms with van der Waals surface area (Å²) in [7, 11) is 0. The van der Waals surface area contributed by atoms with Crippen LogP contribution >= 0.6 is 22.6 Å². The van der Waals surface area contributed by atoms with E-state index >= 15 is 0 Å². The van der Waals surface area contributed by atoms with Crippen molar-refractivity contribution in [3.8, 4) is 0 Å². The van der Waals surface area contributed by atoms with E-state index in [1.54, 1.807) is 0 Å². The van der Waals surface area contributed by atoms with Crippen molar-refractivity contribution in [1.82, 2.24) is 9.78 Å². The van der Waals surface area contributed by atoms with Crippen molar-refractivity contribution < 1.29 is 0 Å². The van der Waals surface area contributed by atoms with Crippen LogP contribution in [0.4, 0.5) is 5.69 Å². The Labute approximate surface area is 119 Å². The molecule has 0 aliphatic heterocycles. The Bertz CT molecular complexity index is 689. The van der Waals surface area contributed by atoms with Crippen LogP contribution in [0.5, 0.6) is 0 Å². The lowest BCUT2D eigenvalue weighted by molar-refractivity contribution is 0.705. The van der Waals surface area contributed by atoms with E-state index in [9.17, 15) is 0 Å². The summed E-state index contributed by atoms with van der Waals surface area (Å²) in [6.07, 6.45) is 0. The maximum absolute atomic E-state index is 6.01. The Hall–Kier alpha value is -1.56. The van der Waals surface area contributed by atoms with Gasteiger partial charge in [-0.05, 0) is 40.3 Å². The number of nitrogen functional groups attached to an aromatic ring is 1. The van der Waals surface area contributed by atoms with Gasteiger partial charge in [0.1, 0.15) is 3.70 Å². The quantitative estimate of drug-likeness (QED) is 0.570. The number of rotatable bonds is 2. The van der Waals surface area contributed by atoms with Crippen LogP contribution in [0.3, 0.4) is 0 Å². The lowest BCUT2D eigenvalue weighted by Gasteiger charge is -2.03. The van der Waals surface area contributed by atoms with E-state index in [1.807, 2.05) is 35.0 Å². The molecule has 0 bridgehead atoms. The molecule has 1 heterocycles. The van der Waals surface area contributed by atoms with Gasteiger partial charge in [-0.15, -0.1) is 0 Å². The maximum atomic E-state index is 6.01. The van der Waals surface area contributed by atoms with E-state index in [1.165, 1.54) is 5.56 Å². The number of halogens is 1. The molecule has 4 heteroatoms. The Morgan fingerprint density at radius 2 is 1.83 bits per heavy atom. The zero-order valence-electron chi connectivity index (χ0n) is 9.68. The summed E-state index contributed by atoms with van der Waals surface area (Å²) >= 11 is 2.24. The first-order valence-corrected chi connectivity index (χ1v) is 6.78. The number of anilines is 1. The van der Waals surface area contributed by atoms with Crippen LogP contribution in [0, 0.1) is 3.70 Å². The molecule has 18 heavy (non-hydrogen) atoms. The molecule has 0 aliphatic carbocycles. The fourth-order valence-corrected chi connectivity index (χ4v) is 2.93. The molecule has 2 N–H and O–H groups in total. The fourth-order valence-electron chi connectivity index (χ4n) is 2.08. The number of hydrogen-bond acceptors (Lipinski definition) is 2. The largest absolute Gasteiger partial charge is 0.398 e. The van der Waals surface area contributed by atoms with Crippen LogP contribution in [0.15, 0.2) is 48.5 Å². The number of nitrogens with zero attached hydrogens (tertiary/aromatic N) is 2. The molecule has 0 aliphatic rings. The molecule has 1 aromatic heterocycles. The highest BCUT2D eigenvalue weighted by Gasteiger charge is 2.10. The van der Waals surface area contributed by atoms with Crippen LogP contribution in [-0.2, 0) is 6.54 Å². The monoisotopic (exact) mass is 349 g/mol. The smallest absolute Gasteiger partial charge is 0.133 e. The van der Waals surface area contributed by atoms with Crippen molar-refractivity contribution in [2.24, 2.45) is 0 Å². The standard InChI is InChI=1S/C14H12IN3/c15-14-13-11(16)7-4-8-12(13)18(17-14)9-10-5-2-1-3-6-10/h1-8H,9,16H2. The minimum Gasteiger partial charge on any atom is -0.398 e. The van der Waals surface area contributed by atoms with Crippen LogP contribution in [-0.4, -0.2) is 9.78 Å². The molecule has 3 aromatic rings. The minimum absolute atomic E-state index is 0.768. The highest BCUT2D eigenvalue weighted by atomic mass is 127. The first-order chi connectivity index (χ1) is 8.75. The van der Waals surface area contributed by atoms with Gasteiger partial charge in [0.25, 0.3) is 0 Å². The van der Waals surface area contributed by atoms with Crippen molar-refractivity contribution in [1.29, 1.82) is 0 Å². The van der Waals surface area contributed by atoms with Crippen LogP contribution < -0.4 is 5.73 Å². The first-order valence-electron chi connectivity index (χ1n) is 5.70. The second-order valence-electron chi connectivity index (χ2n) is 4.18. The second-order valence-corrected chi connectivity index (χ2v) is 5.20. The van der Waals surface area contributed by atoms with Gasteiger partial charge in [-0.1, -0.05) is 36.4 Å². The van der Waals surface area contributed by atoms with Crippen molar-refractivity contribution >= 4 is 39.2 Å². The maximum Gasteiger partial charge on any atom is 0.133 e. The summed E-state index contributed by atoms with van der Waals surface area (Å²) in [6.45, 7) is 0.768. The van der Waals surface area contributed by atoms with E-state index in [4.69, 9.17) is 5.73 Å². The third-order valence-corrected chi connectivity index (χ3v) is 3.70. The molecule has 3 rings (SSSR count). The highest BCUT2D eigenvalue weighted by Crippen LogP contribution is 2.26. The molecule has 0 atom stereocenters. The predicted octanol–water partition coefficient (Wildman–Crippen LogP) is 3.27. The number of hydrogen-bond donors (Lipinski definition) is 1. The van der Waals surface area contributed by atoms with Gasteiger partial charge in [0, 0.05) is 5.69 Å². The molecular formula is C14H12IN3. The summed E-state index contributed by atoms with van der Waals surface area (Å²) in [5.74, 6) is 0. The topological polar surface area (TPSA) is 43.8 Å². The molecule has 3 nitrogen and oxygen atoms in total. The lowest BCUT2D eigenvalue weighted by atomic mass is 10.2. The molecule has 2 aromatic carbocycles. The van der Waals surface area contributed by atoms with Crippen molar-refractivity contribution in [2.45, 2.75) is 6.54 Å². The Balaban J connectivity index is 2.11. The number of aromatic nitrogens is 2. The van der Waals surface area contributed by atoms with Crippen molar-refractivity contribution in [2.75, 3.05) is 5.73 Å². The Morgan fingerprint density at radius 3 is 2.61 bits per heavy atom. The lowest BCUT2D eigenvalue weighted by Crippen LogP contribution is -2.01. The van der Waals surface area contributed by atoms with E-state index < -0.39 is 0 Å². The highest BCUT2D eigenvalue weighted by molar-refractivity contribution is 14.1. The number of benzene rings is 2. The SMILES string of the molecule is Nc1cccc2c1c(I)nn2Cc1ccccc1. The second kappa shape index (κ2) is 4.61. The minimum atomic E-state index is 0.768. The molecule has 0 unspecified atom stereocenters. The average molecular weight is 349 g/mol. The molecule has 0 amide bonds. The van der Waals surface area contributed by atoms with Crippen LogP contribution in [0.1, 0.15) is 5.56 Å². The number of nitrogens with two attached hydrogens (primary N) is 1. The molecule has 0 saturated heterocycles. The molecular weight excluding hydrogens is 337 g/mol. The average Bonchev–Trinajstić information content (AvgIpc) is 2.69. The van der Waals surface area contributed by atoms with Gasteiger partial charge in [0.2, 0.25) is 0 Å². The van der Waals surface area contributed by atoms with Gasteiger partial charge in [-0.2, -0.15) is 5.10 Å². The van der Waals surface area contributed by atoms with Crippen molar-refractivity contribution in [3.05, 3.63) is 57.8 Å². The van der Waals surface area contributed by atoms with Crippen LogP contribution in [0.2, 0.25) is 0 Å². The van der Waals surface area contributed by atoms with Crippen LogP contribution in [0.25, 0.3) is 10.9 Å². The summed E-state index contributed by atoms with van der Waals surface area (Å²) < 4.78 is 2.96. The molecule has 0 saturated carbocycles. The third kappa shape index (κ3) is 1.96. The third-order valence-electron chi connectivity index (χ3n) is 2.94. The Morgan fingerprint density at radius 1 is 1.06 bits per heavy atom. The van der Waals surface area contributed by atoms with Gasteiger partial charge in [-0.25, -0.2) is 0 Å². The van der Waals surface area contributed by atoms with E-state index in [-0.39, 0.29) is 0 Å². The van der Waals surface area contributed by atoms with Gasteiger partial charge in [-0.3, -0.25) is 4.68 Å². The molecule has 0 spiro atoms. The summed E-state index contributed by atoms with van der Waals surface area (Å²) in [6, 6.07) is 16.3.